The molecule has 3 amide bonds. The fraction of sp³-hybridized carbons (Fsp3) is 0.314. The molecule has 7 rings (SSSR count). The molecule has 3 aromatic carbocycles. The van der Waals surface area contributed by atoms with E-state index in [0.717, 1.165) is 40.5 Å². The number of amides is 3. The van der Waals surface area contributed by atoms with Crippen LogP contribution < -0.4 is 21.1 Å². The Kier molecular flexibility index (Phi) is 8.30. The number of hydrogen-bond donors (Lipinski definition) is 3. The van der Waals surface area contributed by atoms with Crippen LogP contribution in [-0.2, 0) is 20.9 Å². The van der Waals surface area contributed by atoms with Crippen molar-refractivity contribution in [2.75, 3.05) is 35.7 Å². The Bertz CT molecular complexity index is 1850. The van der Waals surface area contributed by atoms with E-state index in [2.05, 4.69) is 15.6 Å². The Labute approximate surface area is 261 Å². The summed E-state index contributed by atoms with van der Waals surface area (Å²) in [5.74, 6) is -0.245. The fourth-order valence-electron chi connectivity index (χ4n) is 6.27. The topological polar surface area (TPSA) is 124 Å². The highest BCUT2D eigenvalue weighted by molar-refractivity contribution is 5.96. The van der Waals surface area contributed by atoms with Crippen LogP contribution in [0.2, 0.25) is 0 Å². The number of H-pyrrole nitrogens is 1. The van der Waals surface area contributed by atoms with E-state index in [4.69, 9.17) is 4.74 Å². The number of piperidine rings is 1. The van der Waals surface area contributed by atoms with Crippen LogP contribution in [0, 0.1) is 6.92 Å². The molecule has 2 atom stereocenters. The maximum absolute atomic E-state index is 14.4. The number of aromatic nitrogens is 1. The van der Waals surface area contributed by atoms with Gasteiger partial charge in [0, 0.05) is 61.1 Å². The Morgan fingerprint density at radius 3 is 2.60 bits per heavy atom. The molecule has 0 spiro atoms. The molecular weight excluding hydrogens is 570 g/mol. The standard InChI is InChI=1S/C35H37N5O5/c1-21-16-24-8-11-28(21)22(2)20-45-35(44)38-26-10-12-30(40-15-5-4-6-31(40)41)25(17-26)19-39(3)34(43)32(24)37-27-9-7-23-13-14-36-33(42)29(23)18-27/h7-14,16-18,22,32,37H,4-6,15,19-20H2,1-3H3,(H,36,42)(H,38,44)/t22-,32+/m0/s1. The average Bonchev–Trinajstić information content (AvgIpc) is 3.02. The zero-order valence-corrected chi connectivity index (χ0v) is 25.7. The lowest BCUT2D eigenvalue weighted by molar-refractivity contribution is -0.131. The van der Waals surface area contributed by atoms with Crippen molar-refractivity contribution >= 4 is 45.7 Å². The molecule has 10 heteroatoms. The summed E-state index contributed by atoms with van der Waals surface area (Å²) in [7, 11) is 1.73. The van der Waals surface area contributed by atoms with E-state index in [0.29, 0.717) is 35.4 Å². The van der Waals surface area contributed by atoms with Gasteiger partial charge in [0.15, 0.2) is 0 Å². The van der Waals surface area contributed by atoms with Gasteiger partial charge in [-0.05, 0) is 83.8 Å². The first-order valence-electron chi connectivity index (χ1n) is 15.3. The van der Waals surface area contributed by atoms with Gasteiger partial charge in [-0.1, -0.05) is 31.2 Å². The van der Waals surface area contributed by atoms with Crippen LogP contribution in [0.5, 0.6) is 0 Å². The molecular formula is C35H37N5O5. The first-order valence-corrected chi connectivity index (χ1v) is 15.3. The lowest BCUT2D eigenvalue weighted by atomic mass is 9.93. The monoisotopic (exact) mass is 607 g/mol. The Hall–Kier alpha value is -5.12. The smallest absolute Gasteiger partial charge is 0.411 e. The number of aromatic amines is 1. The van der Waals surface area contributed by atoms with Crippen LogP contribution in [0.4, 0.5) is 21.9 Å². The maximum atomic E-state index is 14.4. The summed E-state index contributed by atoms with van der Waals surface area (Å²) in [6, 6.07) is 17.8. The summed E-state index contributed by atoms with van der Waals surface area (Å²) >= 11 is 0. The third kappa shape index (κ3) is 6.26. The fourth-order valence-corrected chi connectivity index (χ4v) is 6.27. The molecule has 3 aliphatic rings. The molecule has 4 bridgehead atoms. The molecule has 10 nitrogen and oxygen atoms in total. The van der Waals surface area contributed by atoms with Crippen molar-refractivity contribution in [1.82, 2.24) is 9.88 Å². The number of nitrogens with one attached hydrogen (secondary N) is 3. The largest absolute Gasteiger partial charge is 0.449 e. The predicted molar refractivity (Wildman–Crippen MR) is 175 cm³/mol. The SMILES string of the molecule is Cc1cc2ccc1[C@@H](C)COC(=O)Nc1ccc(N3CCCCC3=O)c(c1)CN(C)C(=O)[C@@H]2Nc1ccc2cc[nH]c(=O)c2c1. The van der Waals surface area contributed by atoms with E-state index in [-0.39, 0.29) is 36.4 Å². The van der Waals surface area contributed by atoms with Gasteiger partial charge in [0.25, 0.3) is 5.56 Å². The van der Waals surface area contributed by atoms with Gasteiger partial charge >= 0.3 is 6.09 Å². The number of hydrogen-bond acceptors (Lipinski definition) is 6. The summed E-state index contributed by atoms with van der Waals surface area (Å²) < 4.78 is 5.59. The van der Waals surface area contributed by atoms with Crippen molar-refractivity contribution in [3.05, 3.63) is 99.5 Å². The number of anilines is 3. The lowest BCUT2D eigenvalue weighted by Gasteiger charge is -2.31. The van der Waals surface area contributed by atoms with Crippen LogP contribution in [0.3, 0.4) is 0 Å². The van der Waals surface area contributed by atoms with Crippen molar-refractivity contribution in [3.8, 4) is 0 Å². The van der Waals surface area contributed by atoms with E-state index in [1.165, 1.54) is 0 Å². The molecule has 0 saturated carbocycles. The van der Waals surface area contributed by atoms with Gasteiger partial charge in [0.05, 0.1) is 6.61 Å². The number of nitrogens with zero attached hydrogens (tertiary/aromatic N) is 2. The summed E-state index contributed by atoms with van der Waals surface area (Å²) in [6.45, 7) is 4.92. The number of pyridine rings is 1. The lowest BCUT2D eigenvalue weighted by Crippen LogP contribution is -2.38. The number of carbonyl (C=O) groups excluding carboxylic acids is 3. The molecule has 0 unspecified atom stereocenters. The molecule has 4 heterocycles. The number of rotatable bonds is 3. The maximum Gasteiger partial charge on any atom is 0.411 e. The highest BCUT2D eigenvalue weighted by atomic mass is 16.5. The molecule has 4 aromatic rings. The van der Waals surface area contributed by atoms with Crippen molar-refractivity contribution in [3.63, 3.8) is 0 Å². The van der Waals surface area contributed by atoms with E-state index in [1.54, 1.807) is 41.2 Å². The molecule has 3 N–H and O–H groups in total. The average molecular weight is 608 g/mol. The second kappa shape index (κ2) is 12.5. The van der Waals surface area contributed by atoms with Crippen molar-refractivity contribution in [2.24, 2.45) is 0 Å². The van der Waals surface area contributed by atoms with Gasteiger partial charge in [-0.2, -0.15) is 0 Å². The number of ether oxygens (including phenoxy) is 1. The minimum Gasteiger partial charge on any atom is -0.449 e. The molecule has 1 fully saturated rings. The first kappa shape index (κ1) is 29.9. The molecule has 1 saturated heterocycles. The van der Waals surface area contributed by atoms with Crippen molar-refractivity contribution in [1.29, 1.82) is 0 Å². The van der Waals surface area contributed by atoms with E-state index >= 15 is 0 Å². The second-order valence-electron chi connectivity index (χ2n) is 12.0. The summed E-state index contributed by atoms with van der Waals surface area (Å²) in [5.41, 5.74) is 5.10. The highest BCUT2D eigenvalue weighted by Crippen LogP contribution is 2.32. The van der Waals surface area contributed by atoms with Gasteiger partial charge in [-0.3, -0.25) is 19.7 Å². The molecule has 0 radical (unpaired) electrons. The Morgan fingerprint density at radius 1 is 0.956 bits per heavy atom. The van der Waals surface area contributed by atoms with Gasteiger partial charge in [0.1, 0.15) is 6.04 Å². The number of likely N-dealkylation sites (N-methyl/N-ethyl adjacent to an activating group) is 1. The minimum atomic E-state index is -0.773. The minimum absolute atomic E-state index is 0.0362. The zero-order chi connectivity index (χ0) is 31.7. The van der Waals surface area contributed by atoms with Gasteiger partial charge in [-0.25, -0.2) is 4.79 Å². The quantitative estimate of drug-likeness (QED) is 0.269. The van der Waals surface area contributed by atoms with Crippen LogP contribution in [0.15, 0.2) is 71.7 Å². The normalized spacial score (nSPS) is 19.4. The molecule has 1 aromatic heterocycles. The summed E-state index contributed by atoms with van der Waals surface area (Å²) in [5, 5.41) is 7.54. The van der Waals surface area contributed by atoms with Gasteiger partial charge in [-0.15, -0.1) is 0 Å². The number of carbonyl (C=O) groups is 3. The first-order chi connectivity index (χ1) is 21.7. The number of benzene rings is 3. The Balaban J connectivity index is 1.42. The predicted octanol–water partition coefficient (Wildman–Crippen LogP) is 5.83. The van der Waals surface area contributed by atoms with Crippen LogP contribution in [0.1, 0.15) is 60.4 Å². The van der Waals surface area contributed by atoms with E-state index < -0.39 is 12.1 Å². The van der Waals surface area contributed by atoms with E-state index in [9.17, 15) is 19.2 Å². The number of aryl methyl sites for hydroxylation is 1. The van der Waals surface area contributed by atoms with Crippen LogP contribution in [0.25, 0.3) is 10.8 Å². The van der Waals surface area contributed by atoms with Crippen molar-refractivity contribution < 1.29 is 19.1 Å². The van der Waals surface area contributed by atoms with Crippen molar-refractivity contribution in [2.45, 2.75) is 51.6 Å². The van der Waals surface area contributed by atoms with Gasteiger partial charge < -0.3 is 24.8 Å². The summed E-state index contributed by atoms with van der Waals surface area (Å²) in [4.78, 5) is 58.7. The highest BCUT2D eigenvalue weighted by Gasteiger charge is 2.28. The molecule has 3 aliphatic heterocycles. The van der Waals surface area contributed by atoms with Crippen LogP contribution >= 0.6 is 0 Å². The zero-order valence-electron chi connectivity index (χ0n) is 25.7. The second-order valence-corrected chi connectivity index (χ2v) is 12.0. The van der Waals surface area contributed by atoms with E-state index in [1.807, 2.05) is 56.3 Å². The molecule has 0 aliphatic carbocycles. The molecule has 232 valence electrons. The third-order valence-corrected chi connectivity index (χ3v) is 8.68. The van der Waals surface area contributed by atoms with Crippen LogP contribution in [-0.4, -0.2) is 48.0 Å². The molecule has 45 heavy (non-hydrogen) atoms. The third-order valence-electron chi connectivity index (χ3n) is 8.68. The van der Waals surface area contributed by atoms with Gasteiger partial charge in [0.2, 0.25) is 11.8 Å². The Morgan fingerprint density at radius 2 is 1.80 bits per heavy atom. The summed E-state index contributed by atoms with van der Waals surface area (Å²) in [6.07, 6.45) is 3.24. The number of fused-ring (bicyclic) bond motifs is 10.